The summed E-state index contributed by atoms with van der Waals surface area (Å²) in [4.78, 5) is 3.61. The zero-order chi connectivity index (χ0) is 9.59. The van der Waals surface area contributed by atoms with Crippen LogP contribution in [-0.4, -0.2) is 4.98 Å². The Morgan fingerprint density at radius 2 is 2.50 bits per heavy atom. The van der Waals surface area contributed by atoms with Crippen LogP contribution < -0.4 is 5.73 Å². The number of rotatable bonds is 1. The van der Waals surface area contributed by atoms with Crippen molar-refractivity contribution in [3.63, 3.8) is 0 Å². The minimum atomic E-state index is -0.115. The van der Waals surface area contributed by atoms with Gasteiger partial charge in [-0.05, 0) is 36.4 Å². The fourth-order valence-electron chi connectivity index (χ4n) is 0.922. The summed E-state index contributed by atoms with van der Waals surface area (Å²) in [5, 5.41) is 0. The lowest BCUT2D eigenvalue weighted by atomic mass is 10.2. The van der Waals surface area contributed by atoms with E-state index in [0.29, 0.717) is 5.56 Å². The van der Waals surface area contributed by atoms with Crippen molar-refractivity contribution in [2.75, 3.05) is 5.73 Å². The predicted molar refractivity (Wildman–Crippen MR) is 40.6 cm³/mol. The van der Waals surface area contributed by atoms with Gasteiger partial charge in [0, 0.05) is 6.17 Å². The van der Waals surface area contributed by atoms with E-state index in [4.69, 9.17) is 9.85 Å². The Bertz CT molecular complexity index is 335. The highest BCUT2D eigenvalue weighted by atomic mass is 14.8. The third kappa shape index (κ3) is 0.967. The lowest BCUT2D eigenvalue weighted by Crippen LogP contribution is -1.90. The van der Waals surface area contributed by atoms with E-state index in [1.54, 1.807) is 0 Å². The lowest BCUT2D eigenvalue weighted by Gasteiger charge is -1.96. The lowest BCUT2D eigenvalue weighted by molar-refractivity contribution is 1.11. The molecule has 0 bridgehead atoms. The first-order valence-electron chi connectivity index (χ1n) is 4.84. The summed E-state index contributed by atoms with van der Waals surface area (Å²) in [5.74, 6) is 0.345. The molecule has 0 unspecified atom stereocenters. The third-order valence-corrected chi connectivity index (χ3v) is 1.62. The van der Waals surface area contributed by atoms with Crippen molar-refractivity contribution < 1.29 is 4.11 Å². The van der Waals surface area contributed by atoms with Crippen molar-refractivity contribution >= 4 is 5.82 Å². The van der Waals surface area contributed by atoms with Gasteiger partial charge < -0.3 is 5.73 Å². The Morgan fingerprint density at radius 3 is 3.20 bits per heavy atom. The molecule has 1 aromatic rings. The number of hydrogen-bond acceptors (Lipinski definition) is 2. The average Bonchev–Trinajstić information content (AvgIpc) is 2.85. The van der Waals surface area contributed by atoms with Gasteiger partial charge in [0.05, 0.1) is 4.11 Å². The zero-order valence-corrected chi connectivity index (χ0v) is 5.52. The fourth-order valence-corrected chi connectivity index (χ4v) is 0.922. The van der Waals surface area contributed by atoms with Gasteiger partial charge in [-0.15, -0.1) is 0 Å². The molecule has 0 atom stereocenters. The van der Waals surface area contributed by atoms with Crippen LogP contribution in [-0.2, 0) is 0 Å². The highest BCUT2D eigenvalue weighted by molar-refractivity contribution is 5.35. The van der Waals surface area contributed by atoms with Crippen molar-refractivity contribution in [1.29, 1.82) is 0 Å². The second-order valence-corrected chi connectivity index (χ2v) is 2.55. The summed E-state index contributed by atoms with van der Waals surface area (Å²) in [5.41, 5.74) is 6.06. The molecule has 2 rings (SSSR count). The van der Waals surface area contributed by atoms with Crippen molar-refractivity contribution in [2.45, 2.75) is 18.8 Å². The van der Waals surface area contributed by atoms with E-state index in [9.17, 15) is 0 Å². The molecular weight excluding hydrogens is 124 g/mol. The Labute approximate surface area is 64.3 Å². The van der Waals surface area contributed by atoms with Crippen molar-refractivity contribution in [1.82, 2.24) is 4.98 Å². The van der Waals surface area contributed by atoms with E-state index >= 15 is 0 Å². The largest absolute Gasteiger partial charge is 0.384 e. The van der Waals surface area contributed by atoms with E-state index in [0.717, 1.165) is 12.8 Å². The van der Waals surface area contributed by atoms with Gasteiger partial charge in [-0.3, -0.25) is 0 Å². The first-order valence-corrected chi connectivity index (χ1v) is 3.34. The molecule has 0 radical (unpaired) electrons. The molecule has 1 aliphatic rings. The summed E-state index contributed by atoms with van der Waals surface area (Å²) >= 11 is 0. The first kappa shape index (κ1) is 3.37. The number of nitrogens with two attached hydrogens (primary N) is 1. The number of pyridine rings is 1. The van der Waals surface area contributed by atoms with Crippen LogP contribution in [0.2, 0.25) is 0 Å². The summed E-state index contributed by atoms with van der Waals surface area (Å²) in [6.45, 7) is 0. The third-order valence-electron chi connectivity index (χ3n) is 1.62. The summed E-state index contributed by atoms with van der Waals surface area (Å²) < 4.78 is 22.5. The second kappa shape index (κ2) is 1.97. The average molecular weight is 137 g/mol. The minimum absolute atomic E-state index is 0.0710. The maximum Gasteiger partial charge on any atom is 0.123 e. The molecule has 2 heteroatoms. The highest BCUT2D eigenvalue weighted by Gasteiger charge is 2.23. The summed E-state index contributed by atoms with van der Waals surface area (Å²) in [6.07, 6.45) is 1.89. The highest BCUT2D eigenvalue weighted by Crippen LogP contribution is 2.39. The van der Waals surface area contributed by atoms with Crippen LogP contribution in [0.15, 0.2) is 18.3 Å². The van der Waals surface area contributed by atoms with Crippen LogP contribution in [0, 0.1) is 0 Å². The molecule has 1 aromatic heterocycles. The standard InChI is InChI=1S/C8H10N2/c9-8-5-7(3-4-10-8)6-1-2-6/h3-6H,1-2H2,(H2,9,10)/i3D,4D,5D. The zero-order valence-electron chi connectivity index (χ0n) is 8.52. The normalized spacial score (nSPS) is 21.4. The van der Waals surface area contributed by atoms with Gasteiger partial charge >= 0.3 is 0 Å². The molecule has 0 aliphatic heterocycles. The van der Waals surface area contributed by atoms with Crippen LogP contribution in [0.1, 0.15) is 28.4 Å². The van der Waals surface area contributed by atoms with Gasteiger partial charge in [0.2, 0.25) is 0 Å². The SMILES string of the molecule is [2H]c1nc(N)c([2H])c(C2CC2)c1[2H]. The quantitative estimate of drug-likeness (QED) is 0.637. The minimum Gasteiger partial charge on any atom is -0.384 e. The van der Waals surface area contributed by atoms with E-state index in [2.05, 4.69) is 4.98 Å². The van der Waals surface area contributed by atoms with E-state index in [1.165, 1.54) is 0 Å². The molecular formula is C8H10N2. The topological polar surface area (TPSA) is 38.9 Å². The first-order chi connectivity index (χ1) is 6.11. The van der Waals surface area contributed by atoms with E-state index in [1.807, 2.05) is 0 Å². The summed E-state index contributed by atoms with van der Waals surface area (Å²) in [7, 11) is 0. The smallest absolute Gasteiger partial charge is 0.123 e. The Morgan fingerprint density at radius 1 is 1.70 bits per heavy atom. The van der Waals surface area contributed by atoms with Crippen LogP contribution >= 0.6 is 0 Å². The summed E-state index contributed by atoms with van der Waals surface area (Å²) in [6, 6.07) is 0.213. The van der Waals surface area contributed by atoms with Gasteiger partial charge in [0.1, 0.15) is 5.82 Å². The molecule has 0 spiro atoms. The number of aromatic nitrogens is 1. The maximum absolute atomic E-state index is 7.61. The van der Waals surface area contributed by atoms with Crippen LogP contribution in [0.3, 0.4) is 0 Å². The fraction of sp³-hybridized carbons (Fsp3) is 0.375. The molecule has 1 fully saturated rings. The monoisotopic (exact) mass is 137 g/mol. The molecule has 0 saturated heterocycles. The molecule has 10 heavy (non-hydrogen) atoms. The van der Waals surface area contributed by atoms with Gasteiger partial charge in [-0.1, -0.05) is 0 Å². The molecule has 2 N–H and O–H groups in total. The van der Waals surface area contributed by atoms with Crippen molar-refractivity contribution in [3.8, 4) is 0 Å². The molecule has 1 heterocycles. The number of nitrogen functional groups attached to an aromatic ring is 1. The maximum atomic E-state index is 7.61. The van der Waals surface area contributed by atoms with E-state index in [-0.39, 0.29) is 30.0 Å². The van der Waals surface area contributed by atoms with Crippen LogP contribution in [0.25, 0.3) is 0 Å². The predicted octanol–water partition coefficient (Wildman–Crippen LogP) is 1.54. The van der Waals surface area contributed by atoms with Crippen LogP contribution in [0.5, 0.6) is 0 Å². The Hall–Kier alpha value is -1.05. The molecule has 2 nitrogen and oxygen atoms in total. The molecule has 0 aromatic carbocycles. The van der Waals surface area contributed by atoms with Crippen LogP contribution in [0.4, 0.5) is 5.82 Å². The van der Waals surface area contributed by atoms with Gasteiger partial charge in [-0.25, -0.2) is 4.98 Å². The molecule has 1 saturated carbocycles. The van der Waals surface area contributed by atoms with Crippen molar-refractivity contribution in [3.05, 3.63) is 23.8 Å². The van der Waals surface area contributed by atoms with Gasteiger partial charge in [0.15, 0.2) is 0 Å². The molecule has 0 amide bonds. The van der Waals surface area contributed by atoms with Gasteiger partial charge in [0.25, 0.3) is 0 Å². The Balaban J connectivity index is 2.62. The molecule has 52 valence electrons. The number of nitrogens with zero attached hydrogens (tertiary/aromatic N) is 1. The Kier molecular flexibility index (Phi) is 0.666. The number of anilines is 1. The number of hydrogen-bond donors (Lipinski definition) is 1. The van der Waals surface area contributed by atoms with Crippen molar-refractivity contribution in [2.24, 2.45) is 0 Å². The van der Waals surface area contributed by atoms with E-state index < -0.39 is 0 Å². The molecule has 1 aliphatic carbocycles. The second-order valence-electron chi connectivity index (χ2n) is 2.55. The van der Waals surface area contributed by atoms with Gasteiger partial charge in [-0.2, -0.15) is 0 Å².